The molecule has 0 radical (unpaired) electrons. The first kappa shape index (κ1) is 19.3. The third-order valence-corrected chi connectivity index (χ3v) is 5.17. The van der Waals surface area contributed by atoms with Crippen LogP contribution in [-0.2, 0) is 19.4 Å². The zero-order valence-corrected chi connectivity index (χ0v) is 16.3. The van der Waals surface area contributed by atoms with Crippen LogP contribution in [0.5, 0.6) is 23.0 Å². The number of likely N-dealkylation sites (N-methyl/N-ethyl adjacent to an activating group) is 1. The molecular weight excluding hydrogens is 346 g/mol. The Labute approximate surface area is 159 Å². The van der Waals surface area contributed by atoms with Crippen LogP contribution in [0.1, 0.15) is 28.4 Å². The van der Waals surface area contributed by atoms with E-state index in [2.05, 4.69) is 4.90 Å². The maximum Gasteiger partial charge on any atom is 0.162 e. The van der Waals surface area contributed by atoms with E-state index in [4.69, 9.17) is 14.2 Å². The Morgan fingerprint density at radius 2 is 1.63 bits per heavy atom. The van der Waals surface area contributed by atoms with Crippen LogP contribution in [0.25, 0.3) is 0 Å². The second-order valence-corrected chi connectivity index (χ2v) is 6.87. The lowest BCUT2D eigenvalue weighted by atomic mass is 9.91. The van der Waals surface area contributed by atoms with Crippen LogP contribution in [0.15, 0.2) is 24.3 Å². The van der Waals surface area contributed by atoms with Crippen LogP contribution in [0.2, 0.25) is 0 Å². The van der Waals surface area contributed by atoms with Crippen molar-refractivity contribution < 1.29 is 24.4 Å². The zero-order chi connectivity index (χ0) is 19.6. The molecule has 1 aliphatic rings. The predicted octanol–water partition coefficient (Wildman–Crippen LogP) is 2.68. The molecular formula is C21H27NO5. The molecule has 0 bridgehead atoms. The lowest BCUT2D eigenvalue weighted by Crippen LogP contribution is -2.24. The third kappa shape index (κ3) is 3.82. The molecule has 1 aliphatic heterocycles. The quantitative estimate of drug-likeness (QED) is 0.862. The van der Waals surface area contributed by atoms with Gasteiger partial charge >= 0.3 is 0 Å². The van der Waals surface area contributed by atoms with Crippen LogP contribution in [0, 0.1) is 0 Å². The van der Waals surface area contributed by atoms with Gasteiger partial charge in [-0.2, -0.15) is 0 Å². The van der Waals surface area contributed by atoms with Crippen molar-refractivity contribution in [3.63, 3.8) is 0 Å². The normalized spacial score (nSPS) is 17.6. The molecule has 0 aliphatic carbocycles. The Kier molecular flexibility index (Phi) is 5.77. The molecule has 27 heavy (non-hydrogen) atoms. The average Bonchev–Trinajstić information content (AvgIpc) is 2.67. The molecule has 146 valence electrons. The summed E-state index contributed by atoms with van der Waals surface area (Å²) in [5, 5.41) is 21.6. The molecule has 0 saturated heterocycles. The number of phenols is 1. The molecule has 0 spiro atoms. The number of methoxy groups -OCH3 is 3. The van der Waals surface area contributed by atoms with E-state index in [-0.39, 0.29) is 5.75 Å². The second kappa shape index (κ2) is 8.06. The number of aliphatic hydroxyl groups is 1. The van der Waals surface area contributed by atoms with Crippen molar-refractivity contribution in [1.29, 1.82) is 0 Å². The number of hydrogen-bond donors (Lipinski definition) is 2. The topological polar surface area (TPSA) is 71.4 Å². The first-order chi connectivity index (χ1) is 13.0. The van der Waals surface area contributed by atoms with Gasteiger partial charge in [0.2, 0.25) is 0 Å². The fourth-order valence-corrected chi connectivity index (χ4v) is 3.63. The number of fused-ring (bicyclic) bond motifs is 2. The predicted molar refractivity (Wildman–Crippen MR) is 103 cm³/mol. The Hall–Kier alpha value is -2.44. The van der Waals surface area contributed by atoms with Crippen molar-refractivity contribution in [2.75, 3.05) is 34.9 Å². The summed E-state index contributed by atoms with van der Waals surface area (Å²) in [7, 11) is 6.75. The Bertz CT molecular complexity index is 821. The molecule has 0 amide bonds. The van der Waals surface area contributed by atoms with Crippen molar-refractivity contribution in [3.05, 3.63) is 46.5 Å². The minimum absolute atomic E-state index is 0.141. The fourth-order valence-electron chi connectivity index (χ4n) is 3.63. The summed E-state index contributed by atoms with van der Waals surface area (Å²) in [5.74, 6) is 1.84. The van der Waals surface area contributed by atoms with E-state index >= 15 is 0 Å². The highest BCUT2D eigenvalue weighted by atomic mass is 16.5. The highest BCUT2D eigenvalue weighted by molar-refractivity contribution is 5.52. The van der Waals surface area contributed by atoms with Crippen LogP contribution < -0.4 is 14.2 Å². The number of aliphatic hydroxyl groups excluding tert-OH is 1. The Morgan fingerprint density at radius 3 is 2.30 bits per heavy atom. The first-order valence-corrected chi connectivity index (χ1v) is 8.97. The van der Waals surface area contributed by atoms with Crippen LogP contribution in [0.3, 0.4) is 0 Å². The van der Waals surface area contributed by atoms with Gasteiger partial charge in [-0.3, -0.25) is 0 Å². The summed E-state index contributed by atoms with van der Waals surface area (Å²) >= 11 is 0. The summed E-state index contributed by atoms with van der Waals surface area (Å²) < 4.78 is 16.1. The minimum Gasteiger partial charge on any atom is -0.504 e. The molecule has 6 nitrogen and oxygen atoms in total. The number of aromatic hydroxyl groups is 1. The molecule has 1 unspecified atom stereocenters. The SMILES string of the molecule is COc1cc2c(cc1OC)C(O)Cc1ccc(OC)c(O)c1CN(C)CC2. The standard InChI is InChI=1S/C21H27NO5/c1-22-8-7-14-10-19(26-3)20(27-4)11-15(14)17(23)9-13-5-6-18(25-2)21(24)16(13)12-22/h5-6,10-11,17,23-24H,7-9,12H2,1-4H3. The van der Waals surface area contributed by atoms with Gasteiger partial charge in [0.1, 0.15) is 0 Å². The maximum atomic E-state index is 11.0. The smallest absolute Gasteiger partial charge is 0.162 e. The Balaban J connectivity index is 2.09. The van der Waals surface area contributed by atoms with E-state index in [0.29, 0.717) is 30.2 Å². The van der Waals surface area contributed by atoms with Crippen LogP contribution in [0.4, 0.5) is 0 Å². The van der Waals surface area contributed by atoms with Gasteiger partial charge in [0.05, 0.1) is 27.4 Å². The van der Waals surface area contributed by atoms with Gasteiger partial charge in [-0.15, -0.1) is 0 Å². The van der Waals surface area contributed by atoms with Crippen molar-refractivity contribution in [2.45, 2.75) is 25.5 Å². The molecule has 3 rings (SSSR count). The number of ether oxygens (including phenoxy) is 3. The highest BCUT2D eigenvalue weighted by Crippen LogP contribution is 2.38. The van der Waals surface area contributed by atoms with E-state index < -0.39 is 6.10 Å². The highest BCUT2D eigenvalue weighted by Gasteiger charge is 2.23. The van der Waals surface area contributed by atoms with E-state index in [1.807, 2.05) is 25.2 Å². The maximum absolute atomic E-state index is 11.0. The number of nitrogens with zero attached hydrogens (tertiary/aromatic N) is 1. The van der Waals surface area contributed by atoms with Crippen molar-refractivity contribution >= 4 is 0 Å². The van der Waals surface area contributed by atoms with E-state index in [0.717, 1.165) is 35.2 Å². The molecule has 1 atom stereocenters. The lowest BCUT2D eigenvalue weighted by molar-refractivity contribution is 0.174. The van der Waals surface area contributed by atoms with Crippen LogP contribution in [-0.4, -0.2) is 50.0 Å². The molecule has 0 fully saturated rings. The molecule has 0 aromatic heterocycles. The molecule has 2 N–H and O–H groups in total. The van der Waals surface area contributed by atoms with Gasteiger partial charge in [-0.05, 0) is 48.4 Å². The summed E-state index contributed by atoms with van der Waals surface area (Å²) in [6, 6.07) is 7.44. The molecule has 0 saturated carbocycles. The number of hydrogen-bond acceptors (Lipinski definition) is 6. The van der Waals surface area contributed by atoms with E-state index in [9.17, 15) is 10.2 Å². The third-order valence-electron chi connectivity index (χ3n) is 5.17. The summed E-state index contributed by atoms with van der Waals surface area (Å²) in [4.78, 5) is 2.15. The van der Waals surface area contributed by atoms with Crippen molar-refractivity contribution in [1.82, 2.24) is 4.90 Å². The van der Waals surface area contributed by atoms with Gasteiger partial charge in [0, 0.05) is 25.1 Å². The van der Waals surface area contributed by atoms with Crippen molar-refractivity contribution in [2.24, 2.45) is 0 Å². The van der Waals surface area contributed by atoms with Gasteiger partial charge in [0.25, 0.3) is 0 Å². The zero-order valence-electron chi connectivity index (χ0n) is 16.3. The van der Waals surface area contributed by atoms with Gasteiger partial charge < -0.3 is 29.3 Å². The molecule has 2 aromatic carbocycles. The monoisotopic (exact) mass is 373 g/mol. The fraction of sp³-hybridized carbons (Fsp3) is 0.429. The van der Waals surface area contributed by atoms with E-state index in [1.165, 1.54) is 7.11 Å². The van der Waals surface area contributed by atoms with Gasteiger partial charge in [-0.1, -0.05) is 6.07 Å². The molecule has 2 aromatic rings. The average molecular weight is 373 g/mol. The second-order valence-electron chi connectivity index (χ2n) is 6.87. The summed E-state index contributed by atoms with van der Waals surface area (Å²) in [5.41, 5.74) is 3.55. The van der Waals surface area contributed by atoms with Gasteiger partial charge in [-0.25, -0.2) is 0 Å². The lowest BCUT2D eigenvalue weighted by Gasteiger charge is -2.26. The summed E-state index contributed by atoms with van der Waals surface area (Å²) in [6.45, 7) is 1.35. The number of benzene rings is 2. The molecule has 6 heteroatoms. The van der Waals surface area contributed by atoms with E-state index in [1.54, 1.807) is 20.3 Å². The Morgan fingerprint density at radius 1 is 0.963 bits per heavy atom. The number of rotatable bonds is 3. The van der Waals surface area contributed by atoms with Crippen molar-refractivity contribution in [3.8, 4) is 23.0 Å². The number of phenolic OH excluding ortho intramolecular Hbond substituents is 1. The minimum atomic E-state index is -0.713. The first-order valence-electron chi connectivity index (χ1n) is 8.97. The molecule has 1 heterocycles. The summed E-state index contributed by atoms with van der Waals surface area (Å²) in [6.07, 6.45) is 0.432. The van der Waals surface area contributed by atoms with Gasteiger partial charge in [0.15, 0.2) is 23.0 Å². The largest absolute Gasteiger partial charge is 0.504 e. The van der Waals surface area contributed by atoms with Crippen LogP contribution >= 0.6 is 0 Å².